The summed E-state index contributed by atoms with van der Waals surface area (Å²) < 4.78 is 36.7. The normalized spacial score (nSPS) is 15.3. The lowest BCUT2D eigenvalue weighted by molar-refractivity contribution is -0.138. The van der Waals surface area contributed by atoms with Gasteiger partial charge in [-0.15, -0.1) is 10.2 Å². The summed E-state index contributed by atoms with van der Waals surface area (Å²) in [5.74, 6) is -0.0162. The molecule has 1 aromatic heterocycles. The largest absolute Gasteiger partial charge is 0.445 e. The van der Waals surface area contributed by atoms with Crippen molar-refractivity contribution in [3.8, 4) is 0 Å². The molecule has 0 spiro atoms. The van der Waals surface area contributed by atoms with E-state index in [0.717, 1.165) is 12.8 Å². The van der Waals surface area contributed by atoms with Crippen molar-refractivity contribution in [1.82, 2.24) is 15.5 Å². The van der Waals surface area contributed by atoms with E-state index >= 15 is 0 Å². The SMILES string of the molecule is O=C(CCCNc1nnc(C(F)(F)F)s1)NC1CC1. The van der Waals surface area contributed by atoms with Gasteiger partial charge in [0.1, 0.15) is 0 Å². The molecule has 1 aromatic rings. The molecule has 1 heterocycles. The molecule has 5 nitrogen and oxygen atoms in total. The van der Waals surface area contributed by atoms with Gasteiger partial charge in [-0.05, 0) is 19.3 Å². The predicted molar refractivity (Wildman–Crippen MR) is 63.8 cm³/mol. The number of carbonyl (C=O) groups excluding carboxylic acids is 1. The van der Waals surface area contributed by atoms with Gasteiger partial charge in [-0.1, -0.05) is 11.3 Å². The number of nitrogens with zero attached hydrogens (tertiary/aromatic N) is 2. The number of anilines is 1. The Morgan fingerprint density at radius 1 is 1.37 bits per heavy atom. The van der Waals surface area contributed by atoms with Gasteiger partial charge in [0, 0.05) is 19.0 Å². The number of halogens is 3. The molecule has 1 amide bonds. The quantitative estimate of drug-likeness (QED) is 0.788. The molecule has 0 bridgehead atoms. The number of aromatic nitrogens is 2. The molecular formula is C10H13F3N4OS. The van der Waals surface area contributed by atoms with Crippen LogP contribution < -0.4 is 10.6 Å². The van der Waals surface area contributed by atoms with E-state index < -0.39 is 11.2 Å². The highest BCUT2D eigenvalue weighted by Gasteiger charge is 2.35. The van der Waals surface area contributed by atoms with Gasteiger partial charge in [-0.3, -0.25) is 4.79 Å². The van der Waals surface area contributed by atoms with E-state index in [1.54, 1.807) is 0 Å². The van der Waals surface area contributed by atoms with Crippen LogP contribution in [0.25, 0.3) is 0 Å². The van der Waals surface area contributed by atoms with E-state index in [2.05, 4.69) is 20.8 Å². The lowest BCUT2D eigenvalue weighted by Gasteiger charge is -2.03. The van der Waals surface area contributed by atoms with E-state index in [0.29, 0.717) is 36.8 Å². The zero-order valence-corrected chi connectivity index (χ0v) is 10.8. The highest BCUT2D eigenvalue weighted by molar-refractivity contribution is 7.15. The number of hydrogen-bond acceptors (Lipinski definition) is 5. The molecule has 0 radical (unpaired) electrons. The summed E-state index contributed by atoms with van der Waals surface area (Å²) in [5, 5.41) is 11.2. The van der Waals surface area contributed by atoms with Crippen molar-refractivity contribution in [1.29, 1.82) is 0 Å². The van der Waals surface area contributed by atoms with E-state index in [-0.39, 0.29) is 11.0 Å². The number of hydrogen-bond donors (Lipinski definition) is 2. The van der Waals surface area contributed by atoms with Gasteiger partial charge in [-0.25, -0.2) is 0 Å². The summed E-state index contributed by atoms with van der Waals surface area (Å²) in [6, 6.07) is 0.331. The third-order valence-electron chi connectivity index (χ3n) is 2.47. The van der Waals surface area contributed by atoms with Crippen molar-refractivity contribution in [2.45, 2.75) is 37.9 Å². The van der Waals surface area contributed by atoms with E-state index in [9.17, 15) is 18.0 Å². The van der Waals surface area contributed by atoms with Crippen LogP contribution in [-0.2, 0) is 11.0 Å². The Hall–Kier alpha value is -1.38. The second kappa shape index (κ2) is 5.72. The summed E-state index contributed by atoms with van der Waals surface area (Å²) in [6.45, 7) is 0.393. The average molecular weight is 294 g/mol. The van der Waals surface area contributed by atoms with Crippen LogP contribution in [-0.4, -0.2) is 28.7 Å². The van der Waals surface area contributed by atoms with Crippen molar-refractivity contribution >= 4 is 22.4 Å². The number of rotatable bonds is 6. The maximum Gasteiger partial charge on any atom is 0.445 e. The predicted octanol–water partition coefficient (Wildman–Crippen LogP) is 2.03. The minimum Gasteiger partial charge on any atom is -0.360 e. The molecule has 2 N–H and O–H groups in total. The number of alkyl halides is 3. The lowest BCUT2D eigenvalue weighted by atomic mass is 10.3. The Kier molecular flexibility index (Phi) is 4.23. The van der Waals surface area contributed by atoms with E-state index in [4.69, 9.17) is 0 Å². The van der Waals surface area contributed by atoms with Crippen LogP contribution in [0, 0.1) is 0 Å². The first-order valence-corrected chi connectivity index (χ1v) is 6.71. The average Bonchev–Trinajstić information content (AvgIpc) is 2.98. The summed E-state index contributed by atoms with van der Waals surface area (Å²) in [7, 11) is 0. The molecule has 0 unspecified atom stereocenters. The van der Waals surface area contributed by atoms with Crippen LogP contribution in [0.2, 0.25) is 0 Å². The maximum absolute atomic E-state index is 12.2. The Balaban J connectivity index is 1.65. The van der Waals surface area contributed by atoms with Crippen molar-refractivity contribution in [3.05, 3.63) is 5.01 Å². The zero-order chi connectivity index (χ0) is 13.9. The van der Waals surface area contributed by atoms with E-state index in [1.807, 2.05) is 0 Å². The summed E-state index contributed by atoms with van der Waals surface area (Å²) in [6.07, 6.45) is -1.49. The first-order valence-electron chi connectivity index (χ1n) is 5.89. The monoisotopic (exact) mass is 294 g/mol. The highest BCUT2D eigenvalue weighted by atomic mass is 32.1. The van der Waals surface area contributed by atoms with Gasteiger partial charge in [0.2, 0.25) is 16.0 Å². The smallest absolute Gasteiger partial charge is 0.360 e. The molecule has 106 valence electrons. The zero-order valence-electron chi connectivity index (χ0n) is 9.96. The van der Waals surface area contributed by atoms with Gasteiger partial charge in [0.25, 0.3) is 0 Å². The van der Waals surface area contributed by atoms with Crippen molar-refractivity contribution in [2.24, 2.45) is 0 Å². The fraction of sp³-hybridized carbons (Fsp3) is 0.700. The number of carbonyl (C=O) groups is 1. The van der Waals surface area contributed by atoms with Crippen LogP contribution in [0.1, 0.15) is 30.7 Å². The second-order valence-corrected chi connectivity index (χ2v) is 5.26. The topological polar surface area (TPSA) is 66.9 Å². The van der Waals surface area contributed by atoms with Crippen molar-refractivity contribution in [3.63, 3.8) is 0 Å². The summed E-state index contributed by atoms with van der Waals surface area (Å²) in [4.78, 5) is 11.3. The first kappa shape index (κ1) is 14.0. The third kappa shape index (κ3) is 4.66. The lowest BCUT2D eigenvalue weighted by Crippen LogP contribution is -2.25. The molecule has 0 aromatic carbocycles. The standard InChI is InChI=1S/C10H13F3N4OS/c11-10(12,13)8-16-17-9(19-8)14-5-1-2-7(18)15-6-3-4-6/h6H,1-5H2,(H,14,17)(H,15,18). The fourth-order valence-corrected chi connectivity index (χ4v) is 2.02. The molecule has 0 saturated heterocycles. The van der Waals surface area contributed by atoms with Crippen LogP contribution in [0.5, 0.6) is 0 Å². The van der Waals surface area contributed by atoms with Gasteiger partial charge < -0.3 is 10.6 Å². The molecular weight excluding hydrogens is 281 g/mol. The molecule has 0 atom stereocenters. The third-order valence-corrected chi connectivity index (χ3v) is 3.39. The number of amides is 1. The summed E-state index contributed by atoms with van der Waals surface area (Å²) >= 11 is 0.460. The van der Waals surface area contributed by atoms with Gasteiger partial charge in [-0.2, -0.15) is 13.2 Å². The summed E-state index contributed by atoms with van der Waals surface area (Å²) in [5.41, 5.74) is 0. The molecule has 0 aliphatic heterocycles. The van der Waals surface area contributed by atoms with Gasteiger partial charge >= 0.3 is 6.18 Å². The van der Waals surface area contributed by atoms with Gasteiger partial charge in [0.15, 0.2) is 0 Å². The molecule has 1 saturated carbocycles. The van der Waals surface area contributed by atoms with Crippen molar-refractivity contribution < 1.29 is 18.0 Å². The molecule has 1 aliphatic carbocycles. The first-order chi connectivity index (χ1) is 8.95. The van der Waals surface area contributed by atoms with Gasteiger partial charge in [0.05, 0.1) is 0 Å². The molecule has 1 aliphatic rings. The molecule has 9 heteroatoms. The highest BCUT2D eigenvalue weighted by Crippen LogP contribution is 2.32. The minimum atomic E-state index is -4.46. The molecule has 2 rings (SSSR count). The number of nitrogens with one attached hydrogen (secondary N) is 2. The van der Waals surface area contributed by atoms with Crippen LogP contribution in [0.4, 0.5) is 18.3 Å². The fourth-order valence-electron chi connectivity index (χ4n) is 1.38. The van der Waals surface area contributed by atoms with Crippen molar-refractivity contribution in [2.75, 3.05) is 11.9 Å². The Morgan fingerprint density at radius 2 is 2.11 bits per heavy atom. The molecule has 1 fully saturated rings. The Labute approximate surface area is 111 Å². The maximum atomic E-state index is 12.2. The molecule has 19 heavy (non-hydrogen) atoms. The second-order valence-electron chi connectivity index (χ2n) is 4.28. The Morgan fingerprint density at radius 3 is 2.68 bits per heavy atom. The minimum absolute atomic E-state index is 0.0162. The van der Waals surface area contributed by atoms with E-state index in [1.165, 1.54) is 0 Å². The van der Waals surface area contributed by atoms with Crippen LogP contribution in [0.3, 0.4) is 0 Å². The van der Waals surface area contributed by atoms with Crippen LogP contribution in [0.15, 0.2) is 0 Å². The van der Waals surface area contributed by atoms with Crippen LogP contribution >= 0.6 is 11.3 Å². The Bertz CT molecular complexity index is 444.